The van der Waals surface area contributed by atoms with Gasteiger partial charge in [-0.3, -0.25) is 0 Å². The van der Waals surface area contributed by atoms with Crippen LogP contribution in [0.3, 0.4) is 0 Å². The van der Waals surface area contributed by atoms with Gasteiger partial charge in [-0.05, 0) is 19.1 Å². The molecule has 1 rings (SSSR count). The molecule has 19 heavy (non-hydrogen) atoms. The van der Waals surface area contributed by atoms with Crippen molar-refractivity contribution in [3.8, 4) is 0 Å². The average Bonchev–Trinajstić information content (AvgIpc) is 2.37. The lowest BCUT2D eigenvalue weighted by atomic mass is 10.2. The molecule has 0 aliphatic carbocycles. The first kappa shape index (κ1) is 16.5. The van der Waals surface area contributed by atoms with Crippen LogP contribution in [0, 0.1) is 5.82 Å². The highest BCUT2D eigenvalue weighted by atomic mass is 79.9. The number of hydrogen-bond acceptors (Lipinski definition) is 4. The Morgan fingerprint density at radius 3 is 2.74 bits per heavy atom. The summed E-state index contributed by atoms with van der Waals surface area (Å²) in [5.74, 6) is -0.824. The van der Waals surface area contributed by atoms with Crippen LogP contribution in [0.15, 0.2) is 21.5 Å². The second kappa shape index (κ2) is 7.30. The van der Waals surface area contributed by atoms with Crippen molar-refractivity contribution in [1.82, 2.24) is 4.72 Å². The fourth-order valence-electron chi connectivity index (χ4n) is 1.43. The maximum Gasteiger partial charge on any atom is 0.243 e. The van der Waals surface area contributed by atoms with Crippen molar-refractivity contribution in [2.45, 2.75) is 18.4 Å². The molecule has 0 heterocycles. The van der Waals surface area contributed by atoms with Gasteiger partial charge in [0.25, 0.3) is 0 Å². The molecule has 0 aromatic heterocycles. The zero-order valence-electron chi connectivity index (χ0n) is 10.4. The number of halogens is 2. The third kappa shape index (κ3) is 4.50. The van der Waals surface area contributed by atoms with E-state index in [1.54, 1.807) is 6.92 Å². The zero-order chi connectivity index (χ0) is 14.5. The number of ether oxygens (including phenoxy) is 1. The molecule has 0 atom stereocenters. The molecular formula is C11H16BrFN2O3S. The number of rotatable bonds is 7. The smallest absolute Gasteiger partial charge is 0.243 e. The van der Waals surface area contributed by atoms with Gasteiger partial charge in [-0.2, -0.15) is 0 Å². The minimum Gasteiger partial charge on any atom is -0.380 e. The highest BCUT2D eigenvalue weighted by Crippen LogP contribution is 2.23. The highest BCUT2D eigenvalue weighted by Gasteiger charge is 2.21. The molecule has 0 unspecified atom stereocenters. The van der Waals surface area contributed by atoms with Gasteiger partial charge in [0.15, 0.2) is 0 Å². The lowest BCUT2D eigenvalue weighted by Crippen LogP contribution is -2.28. The van der Waals surface area contributed by atoms with E-state index in [9.17, 15) is 12.8 Å². The summed E-state index contributed by atoms with van der Waals surface area (Å²) in [6, 6.07) is 2.66. The summed E-state index contributed by atoms with van der Waals surface area (Å²) in [7, 11) is -3.92. The fraction of sp³-hybridized carbons (Fsp3) is 0.455. The third-order valence-corrected chi connectivity index (χ3v) is 4.25. The van der Waals surface area contributed by atoms with Crippen LogP contribution < -0.4 is 10.5 Å². The first-order chi connectivity index (χ1) is 8.92. The second-order valence-corrected chi connectivity index (χ2v) is 6.33. The number of benzene rings is 1. The normalized spacial score (nSPS) is 11.8. The molecule has 5 nitrogen and oxygen atoms in total. The highest BCUT2D eigenvalue weighted by molar-refractivity contribution is 9.10. The summed E-state index contributed by atoms with van der Waals surface area (Å²) < 4.78 is 45.7. The first-order valence-electron chi connectivity index (χ1n) is 5.67. The summed E-state index contributed by atoms with van der Waals surface area (Å²) in [5, 5.41) is 0. The molecule has 0 bridgehead atoms. The number of sulfonamides is 1. The van der Waals surface area contributed by atoms with Crippen molar-refractivity contribution in [2.75, 3.05) is 19.8 Å². The van der Waals surface area contributed by atoms with Crippen molar-refractivity contribution in [3.05, 3.63) is 28.0 Å². The zero-order valence-corrected chi connectivity index (χ0v) is 12.9. The van der Waals surface area contributed by atoms with Crippen LogP contribution in [-0.2, 0) is 21.3 Å². The van der Waals surface area contributed by atoms with Crippen LogP contribution in [0.1, 0.15) is 12.5 Å². The van der Waals surface area contributed by atoms with Crippen molar-refractivity contribution < 1.29 is 17.5 Å². The van der Waals surface area contributed by atoms with Gasteiger partial charge in [0, 0.05) is 29.7 Å². The van der Waals surface area contributed by atoms with E-state index in [0.29, 0.717) is 11.1 Å². The molecular weight excluding hydrogens is 339 g/mol. The number of hydrogen-bond donors (Lipinski definition) is 2. The molecule has 0 saturated heterocycles. The van der Waals surface area contributed by atoms with E-state index in [-0.39, 0.29) is 25.3 Å². The summed E-state index contributed by atoms with van der Waals surface area (Å²) in [6.45, 7) is 2.53. The molecule has 8 heteroatoms. The molecule has 108 valence electrons. The average molecular weight is 355 g/mol. The summed E-state index contributed by atoms with van der Waals surface area (Å²) in [4.78, 5) is -0.418. The van der Waals surface area contributed by atoms with Crippen LogP contribution in [0.4, 0.5) is 4.39 Å². The van der Waals surface area contributed by atoms with Crippen LogP contribution in [0.2, 0.25) is 0 Å². The fourth-order valence-corrected chi connectivity index (χ4v) is 3.25. The van der Waals surface area contributed by atoms with Gasteiger partial charge in [0.2, 0.25) is 10.0 Å². The van der Waals surface area contributed by atoms with Crippen molar-refractivity contribution in [1.29, 1.82) is 0 Å². The quantitative estimate of drug-likeness (QED) is 0.724. The molecule has 0 spiro atoms. The lowest BCUT2D eigenvalue weighted by molar-refractivity contribution is 0.153. The maximum absolute atomic E-state index is 14.0. The predicted molar refractivity (Wildman–Crippen MR) is 73.7 cm³/mol. The molecule has 0 aliphatic rings. The van der Waals surface area contributed by atoms with E-state index in [1.165, 1.54) is 12.1 Å². The van der Waals surface area contributed by atoms with Crippen LogP contribution >= 0.6 is 15.9 Å². The molecule has 0 amide bonds. The molecule has 1 aromatic carbocycles. The van der Waals surface area contributed by atoms with E-state index in [2.05, 4.69) is 20.7 Å². The van der Waals surface area contributed by atoms with Gasteiger partial charge >= 0.3 is 0 Å². The van der Waals surface area contributed by atoms with Crippen LogP contribution in [0.5, 0.6) is 0 Å². The van der Waals surface area contributed by atoms with Gasteiger partial charge in [-0.15, -0.1) is 0 Å². The summed E-state index contributed by atoms with van der Waals surface area (Å²) in [6.07, 6.45) is 0. The standard InChI is InChI=1S/C11H16BrFN2O3S/c1-2-18-4-3-15-19(16,17)10-6-9(12)5-8(7-14)11(10)13/h5-6,15H,2-4,7,14H2,1H3. The van der Waals surface area contributed by atoms with E-state index < -0.39 is 20.7 Å². The van der Waals surface area contributed by atoms with Gasteiger partial charge in [-0.1, -0.05) is 15.9 Å². The first-order valence-corrected chi connectivity index (χ1v) is 7.95. The van der Waals surface area contributed by atoms with Gasteiger partial charge < -0.3 is 10.5 Å². The molecule has 0 aliphatic heterocycles. The lowest BCUT2D eigenvalue weighted by Gasteiger charge is -2.10. The molecule has 0 fully saturated rings. The SMILES string of the molecule is CCOCCNS(=O)(=O)c1cc(Br)cc(CN)c1F. The topological polar surface area (TPSA) is 81.4 Å². The van der Waals surface area contributed by atoms with E-state index in [0.717, 1.165) is 0 Å². The van der Waals surface area contributed by atoms with Crippen molar-refractivity contribution in [2.24, 2.45) is 5.73 Å². The Labute approximate surface area is 120 Å². The minimum atomic E-state index is -3.92. The molecule has 3 N–H and O–H groups in total. The van der Waals surface area contributed by atoms with Gasteiger partial charge in [0.05, 0.1) is 6.61 Å². The Kier molecular flexibility index (Phi) is 6.34. The summed E-state index contributed by atoms with van der Waals surface area (Å²) in [5.41, 5.74) is 5.51. The van der Waals surface area contributed by atoms with Crippen LogP contribution in [-0.4, -0.2) is 28.2 Å². The van der Waals surface area contributed by atoms with E-state index in [1.807, 2.05) is 0 Å². The Hall–Kier alpha value is -0.540. The Morgan fingerprint density at radius 1 is 1.47 bits per heavy atom. The third-order valence-electron chi connectivity index (χ3n) is 2.33. The van der Waals surface area contributed by atoms with Crippen molar-refractivity contribution in [3.63, 3.8) is 0 Å². The van der Waals surface area contributed by atoms with Crippen LogP contribution in [0.25, 0.3) is 0 Å². The van der Waals surface area contributed by atoms with Gasteiger partial charge in [0.1, 0.15) is 10.7 Å². The Balaban J connectivity index is 2.98. The van der Waals surface area contributed by atoms with E-state index in [4.69, 9.17) is 10.5 Å². The van der Waals surface area contributed by atoms with Gasteiger partial charge in [-0.25, -0.2) is 17.5 Å². The molecule has 1 aromatic rings. The second-order valence-electron chi connectivity index (χ2n) is 3.68. The number of nitrogens with two attached hydrogens (primary N) is 1. The predicted octanol–water partition coefficient (Wildman–Crippen LogP) is 1.36. The summed E-state index contributed by atoms with van der Waals surface area (Å²) >= 11 is 3.13. The van der Waals surface area contributed by atoms with E-state index >= 15 is 0 Å². The number of nitrogens with one attached hydrogen (secondary N) is 1. The van der Waals surface area contributed by atoms with Crippen molar-refractivity contribution >= 4 is 26.0 Å². The molecule has 0 radical (unpaired) electrons. The Morgan fingerprint density at radius 2 is 2.16 bits per heavy atom. The Bertz CT molecular complexity index is 537. The molecule has 0 saturated carbocycles. The monoisotopic (exact) mass is 354 g/mol. The minimum absolute atomic E-state index is 0.0766. The largest absolute Gasteiger partial charge is 0.380 e. The maximum atomic E-state index is 14.0.